The fourth-order valence-electron chi connectivity index (χ4n) is 4.89. The Morgan fingerprint density at radius 3 is 1.86 bits per heavy atom. The van der Waals surface area contributed by atoms with Gasteiger partial charge in [0.1, 0.15) is 16.5 Å². The summed E-state index contributed by atoms with van der Waals surface area (Å²) < 4.78 is 5.37. The lowest BCUT2D eigenvalue weighted by atomic mass is 9.96. The van der Waals surface area contributed by atoms with E-state index in [0.29, 0.717) is 24.5 Å². The molecule has 0 spiro atoms. The van der Waals surface area contributed by atoms with Crippen molar-refractivity contribution in [1.29, 1.82) is 0 Å². The van der Waals surface area contributed by atoms with Gasteiger partial charge in [-0.3, -0.25) is 14.5 Å². The van der Waals surface area contributed by atoms with Crippen molar-refractivity contribution in [1.82, 2.24) is 9.80 Å². The minimum absolute atomic E-state index is 0.0444. The molecular formula is C28H26ClN3O3. The molecule has 5 rings (SSSR count). The molecule has 0 atom stereocenters. The topological polar surface area (TPSA) is 53.1 Å². The molecule has 2 heterocycles. The number of halogens is 1. The molecule has 0 saturated carbocycles. The van der Waals surface area contributed by atoms with Gasteiger partial charge in [-0.05, 0) is 23.3 Å². The average Bonchev–Trinajstić information content (AvgIpc) is 3.13. The van der Waals surface area contributed by atoms with E-state index in [1.807, 2.05) is 17.0 Å². The molecule has 1 saturated heterocycles. The molecule has 0 aliphatic carbocycles. The summed E-state index contributed by atoms with van der Waals surface area (Å²) in [7, 11) is 1.51. The number of ether oxygens (including phenoxy) is 1. The Kier molecular flexibility index (Phi) is 6.57. The molecule has 0 unspecified atom stereocenters. The minimum atomic E-state index is -0.523. The molecule has 178 valence electrons. The number of carbonyl (C=O) groups excluding carboxylic acids is 2. The summed E-state index contributed by atoms with van der Waals surface area (Å²) in [6, 6.07) is 27.9. The average molecular weight is 488 g/mol. The van der Waals surface area contributed by atoms with Crippen LogP contribution in [0.1, 0.15) is 17.2 Å². The predicted molar refractivity (Wildman–Crippen MR) is 136 cm³/mol. The number of benzene rings is 3. The Labute approximate surface area is 210 Å². The number of hydrogen-bond acceptors (Lipinski definition) is 5. The van der Waals surface area contributed by atoms with Crippen molar-refractivity contribution in [2.24, 2.45) is 0 Å². The molecule has 2 amide bonds. The highest BCUT2D eigenvalue weighted by Gasteiger charge is 2.43. The van der Waals surface area contributed by atoms with Crippen LogP contribution in [0, 0.1) is 0 Å². The monoisotopic (exact) mass is 487 g/mol. The third kappa shape index (κ3) is 4.31. The number of piperazine rings is 1. The van der Waals surface area contributed by atoms with E-state index in [1.165, 1.54) is 18.2 Å². The van der Waals surface area contributed by atoms with E-state index in [1.54, 1.807) is 24.3 Å². The highest BCUT2D eigenvalue weighted by molar-refractivity contribution is 6.52. The number of nitrogens with zero attached hydrogens (tertiary/aromatic N) is 3. The normalized spacial score (nSPS) is 17.0. The summed E-state index contributed by atoms with van der Waals surface area (Å²) in [4.78, 5) is 31.9. The van der Waals surface area contributed by atoms with Crippen molar-refractivity contribution in [3.05, 3.63) is 107 Å². The number of imide groups is 1. The molecule has 1 fully saturated rings. The van der Waals surface area contributed by atoms with Gasteiger partial charge in [0.2, 0.25) is 0 Å². The van der Waals surface area contributed by atoms with Gasteiger partial charge in [-0.2, -0.15) is 0 Å². The second-order valence-corrected chi connectivity index (χ2v) is 8.91. The summed E-state index contributed by atoms with van der Waals surface area (Å²) in [6.07, 6.45) is 0. The summed E-state index contributed by atoms with van der Waals surface area (Å²) in [5.74, 6) is -0.496. The van der Waals surface area contributed by atoms with Crippen LogP contribution in [0.3, 0.4) is 0 Å². The highest BCUT2D eigenvalue weighted by atomic mass is 35.5. The van der Waals surface area contributed by atoms with Crippen molar-refractivity contribution in [2.45, 2.75) is 6.04 Å². The van der Waals surface area contributed by atoms with E-state index < -0.39 is 11.8 Å². The molecule has 0 aromatic heterocycles. The molecule has 2 aliphatic rings. The van der Waals surface area contributed by atoms with Crippen LogP contribution < -0.4 is 9.64 Å². The van der Waals surface area contributed by atoms with Crippen LogP contribution in [-0.4, -0.2) is 54.9 Å². The van der Waals surface area contributed by atoms with Crippen LogP contribution in [0.2, 0.25) is 0 Å². The molecule has 0 N–H and O–H groups in total. The van der Waals surface area contributed by atoms with E-state index in [2.05, 4.69) is 53.4 Å². The number of hydrogen-bond donors (Lipinski definition) is 0. The first-order valence-corrected chi connectivity index (χ1v) is 12.0. The maximum atomic E-state index is 13.4. The lowest BCUT2D eigenvalue weighted by Gasteiger charge is -2.40. The standard InChI is InChI=1S/C28H26ClN3O3/c1-35-23-15-9-8-14-22(23)32-27(33)24(29)26(28(32)34)31-18-16-30(17-19-31)25(20-10-4-2-5-11-20)21-12-6-3-7-13-21/h2-15,25H,16-19H2,1H3. The van der Waals surface area contributed by atoms with Gasteiger partial charge in [-0.1, -0.05) is 84.4 Å². The number of methoxy groups -OCH3 is 1. The van der Waals surface area contributed by atoms with Gasteiger partial charge in [-0.15, -0.1) is 0 Å². The van der Waals surface area contributed by atoms with Crippen molar-refractivity contribution in [3.8, 4) is 5.75 Å². The van der Waals surface area contributed by atoms with Gasteiger partial charge in [0.05, 0.1) is 18.8 Å². The first kappa shape index (κ1) is 23.1. The highest BCUT2D eigenvalue weighted by Crippen LogP contribution is 2.37. The van der Waals surface area contributed by atoms with E-state index in [-0.39, 0.29) is 16.8 Å². The van der Waals surface area contributed by atoms with E-state index >= 15 is 0 Å². The molecule has 0 bridgehead atoms. The van der Waals surface area contributed by atoms with Crippen LogP contribution in [-0.2, 0) is 9.59 Å². The van der Waals surface area contributed by atoms with Crippen molar-refractivity contribution in [3.63, 3.8) is 0 Å². The maximum Gasteiger partial charge on any atom is 0.283 e. The minimum Gasteiger partial charge on any atom is -0.495 e. The van der Waals surface area contributed by atoms with Crippen LogP contribution in [0.4, 0.5) is 5.69 Å². The van der Waals surface area contributed by atoms with E-state index in [9.17, 15) is 9.59 Å². The maximum absolute atomic E-state index is 13.4. The second-order valence-electron chi connectivity index (χ2n) is 8.53. The SMILES string of the molecule is COc1ccccc1N1C(=O)C(Cl)=C(N2CCN(C(c3ccccc3)c3ccccc3)CC2)C1=O. The molecule has 3 aromatic rings. The lowest BCUT2D eigenvalue weighted by Crippen LogP contribution is -2.48. The quantitative estimate of drug-likeness (QED) is 0.482. The van der Waals surface area contributed by atoms with Crippen LogP contribution in [0.15, 0.2) is 95.7 Å². The Hall–Kier alpha value is -3.61. The molecule has 6 nitrogen and oxygen atoms in total. The Morgan fingerprint density at radius 2 is 1.29 bits per heavy atom. The first-order valence-electron chi connectivity index (χ1n) is 11.6. The summed E-state index contributed by atoms with van der Waals surface area (Å²) in [6.45, 7) is 2.61. The van der Waals surface area contributed by atoms with Gasteiger partial charge < -0.3 is 9.64 Å². The van der Waals surface area contributed by atoms with Gasteiger partial charge >= 0.3 is 0 Å². The van der Waals surface area contributed by atoms with Crippen LogP contribution in [0.25, 0.3) is 0 Å². The molecule has 35 heavy (non-hydrogen) atoms. The summed E-state index contributed by atoms with van der Waals surface area (Å²) >= 11 is 6.46. The number of carbonyl (C=O) groups is 2. The zero-order valence-electron chi connectivity index (χ0n) is 19.4. The largest absolute Gasteiger partial charge is 0.495 e. The van der Waals surface area contributed by atoms with Gasteiger partial charge in [0.15, 0.2) is 0 Å². The fraction of sp³-hybridized carbons (Fsp3) is 0.214. The van der Waals surface area contributed by atoms with Crippen molar-refractivity contribution >= 4 is 29.1 Å². The summed E-state index contributed by atoms with van der Waals surface area (Å²) in [5.41, 5.74) is 3.10. The molecular weight excluding hydrogens is 462 g/mol. The molecule has 3 aromatic carbocycles. The molecule has 7 heteroatoms. The zero-order valence-corrected chi connectivity index (χ0v) is 20.2. The van der Waals surface area contributed by atoms with E-state index in [0.717, 1.165) is 18.0 Å². The van der Waals surface area contributed by atoms with Gasteiger partial charge in [-0.25, -0.2) is 4.90 Å². The smallest absolute Gasteiger partial charge is 0.283 e. The number of amides is 2. The molecule has 2 aliphatic heterocycles. The Morgan fingerprint density at radius 1 is 0.743 bits per heavy atom. The number of anilines is 1. The van der Waals surface area contributed by atoms with Gasteiger partial charge in [0, 0.05) is 26.2 Å². The fourth-order valence-corrected chi connectivity index (χ4v) is 5.17. The first-order chi connectivity index (χ1) is 17.1. The summed E-state index contributed by atoms with van der Waals surface area (Å²) in [5, 5.41) is -0.0444. The third-order valence-corrected chi connectivity index (χ3v) is 6.90. The predicted octanol–water partition coefficient (Wildman–Crippen LogP) is 4.43. The Bertz CT molecular complexity index is 1220. The third-order valence-electron chi connectivity index (χ3n) is 6.56. The zero-order chi connectivity index (χ0) is 24.4. The van der Waals surface area contributed by atoms with E-state index in [4.69, 9.17) is 16.3 Å². The second kappa shape index (κ2) is 9.94. The lowest BCUT2D eigenvalue weighted by molar-refractivity contribution is -0.121. The van der Waals surface area contributed by atoms with Crippen molar-refractivity contribution in [2.75, 3.05) is 38.2 Å². The molecule has 0 radical (unpaired) electrons. The van der Waals surface area contributed by atoms with Gasteiger partial charge in [0.25, 0.3) is 11.8 Å². The van der Waals surface area contributed by atoms with Crippen molar-refractivity contribution < 1.29 is 14.3 Å². The number of rotatable bonds is 6. The Balaban J connectivity index is 1.37. The number of para-hydroxylation sites is 2. The van der Waals surface area contributed by atoms with Crippen LogP contribution >= 0.6 is 11.6 Å². The van der Waals surface area contributed by atoms with Crippen LogP contribution in [0.5, 0.6) is 5.75 Å².